The van der Waals surface area contributed by atoms with Gasteiger partial charge in [0.05, 0.1) is 11.5 Å². The van der Waals surface area contributed by atoms with Crippen molar-refractivity contribution in [3.63, 3.8) is 0 Å². The zero-order valence-electron chi connectivity index (χ0n) is 16.7. The number of aryl methyl sites for hydroxylation is 1. The number of hydrogen-bond donors (Lipinski definition) is 3. The summed E-state index contributed by atoms with van der Waals surface area (Å²) in [5, 5.41) is 9.17. The van der Waals surface area contributed by atoms with Gasteiger partial charge in [-0.25, -0.2) is 8.42 Å². The van der Waals surface area contributed by atoms with Crippen LogP contribution in [0.25, 0.3) is 0 Å². The number of benzene rings is 1. The Bertz CT molecular complexity index is 766. The van der Waals surface area contributed by atoms with Gasteiger partial charge in [-0.15, -0.1) is 24.0 Å². The normalized spacial score (nSPS) is 19.4. The van der Waals surface area contributed by atoms with Crippen LogP contribution < -0.4 is 16.0 Å². The van der Waals surface area contributed by atoms with E-state index < -0.39 is 9.84 Å². The SMILES string of the molecule is CN=C(NCCC(=O)NC1CCS(=O)(=O)C1)NCC(C)c1ccc(C)cc1.I. The number of nitrogens with zero attached hydrogens (tertiary/aromatic N) is 1. The molecule has 1 aliphatic rings. The van der Waals surface area contributed by atoms with E-state index in [4.69, 9.17) is 0 Å². The first-order valence-corrected chi connectivity index (χ1v) is 11.1. The van der Waals surface area contributed by atoms with Crippen LogP contribution in [0.5, 0.6) is 0 Å². The average Bonchev–Trinajstić information content (AvgIpc) is 2.96. The fraction of sp³-hybridized carbons (Fsp3) is 0.579. The van der Waals surface area contributed by atoms with E-state index in [1.807, 2.05) is 0 Å². The summed E-state index contributed by atoms with van der Waals surface area (Å²) in [7, 11) is -1.29. The van der Waals surface area contributed by atoms with E-state index in [-0.39, 0.29) is 53.9 Å². The molecule has 158 valence electrons. The zero-order chi connectivity index (χ0) is 19.9. The van der Waals surface area contributed by atoms with E-state index in [2.05, 4.69) is 59.1 Å². The highest BCUT2D eigenvalue weighted by molar-refractivity contribution is 14.0. The second kappa shape index (κ2) is 11.6. The molecule has 0 aromatic heterocycles. The monoisotopic (exact) mass is 522 g/mol. The van der Waals surface area contributed by atoms with Crippen molar-refractivity contribution >= 4 is 45.7 Å². The molecule has 0 bridgehead atoms. The molecule has 2 rings (SSSR count). The maximum absolute atomic E-state index is 12.0. The lowest BCUT2D eigenvalue weighted by atomic mass is 10.0. The first kappa shape index (κ1) is 24.7. The van der Waals surface area contributed by atoms with Crippen LogP contribution >= 0.6 is 24.0 Å². The Morgan fingerprint density at radius 2 is 1.93 bits per heavy atom. The Morgan fingerprint density at radius 3 is 2.50 bits per heavy atom. The highest BCUT2D eigenvalue weighted by atomic mass is 127. The Kier molecular flexibility index (Phi) is 10.2. The lowest BCUT2D eigenvalue weighted by Gasteiger charge is -2.17. The molecule has 0 aliphatic carbocycles. The van der Waals surface area contributed by atoms with Crippen LogP contribution in [0.1, 0.15) is 36.8 Å². The van der Waals surface area contributed by atoms with Crippen LogP contribution in [-0.2, 0) is 14.6 Å². The third-order valence-electron chi connectivity index (χ3n) is 4.69. The topological polar surface area (TPSA) is 99.7 Å². The van der Waals surface area contributed by atoms with E-state index >= 15 is 0 Å². The first-order valence-electron chi connectivity index (χ1n) is 9.30. The van der Waals surface area contributed by atoms with Crippen LogP contribution in [0.2, 0.25) is 0 Å². The summed E-state index contributed by atoms with van der Waals surface area (Å²) in [5.74, 6) is 1.04. The lowest BCUT2D eigenvalue weighted by molar-refractivity contribution is -0.121. The molecule has 1 aromatic carbocycles. The summed E-state index contributed by atoms with van der Waals surface area (Å²) in [6.45, 7) is 5.38. The predicted molar refractivity (Wildman–Crippen MR) is 124 cm³/mol. The van der Waals surface area contributed by atoms with Crippen molar-refractivity contribution < 1.29 is 13.2 Å². The highest BCUT2D eigenvalue weighted by Crippen LogP contribution is 2.14. The largest absolute Gasteiger partial charge is 0.356 e. The molecule has 7 nitrogen and oxygen atoms in total. The number of rotatable bonds is 7. The van der Waals surface area contributed by atoms with Gasteiger partial charge in [0.1, 0.15) is 0 Å². The second-order valence-corrected chi connectivity index (χ2v) is 9.34. The lowest BCUT2D eigenvalue weighted by Crippen LogP contribution is -2.42. The molecule has 1 amide bonds. The number of amides is 1. The van der Waals surface area contributed by atoms with Crippen molar-refractivity contribution in [1.82, 2.24) is 16.0 Å². The van der Waals surface area contributed by atoms with E-state index in [0.717, 1.165) is 6.54 Å². The van der Waals surface area contributed by atoms with Crippen LogP contribution in [0.15, 0.2) is 29.3 Å². The average molecular weight is 522 g/mol. The van der Waals surface area contributed by atoms with E-state index in [1.54, 1.807) is 7.05 Å². The molecule has 0 radical (unpaired) electrons. The Hall–Kier alpha value is -1.36. The standard InChI is InChI=1S/C19H30N4O3S.HI/c1-14-4-6-16(7-5-14)15(2)12-22-19(20-3)21-10-8-18(24)23-17-9-11-27(25,26)13-17;/h4-7,15,17H,8-13H2,1-3H3,(H,23,24)(H2,20,21,22);1H. The molecule has 1 heterocycles. The molecule has 2 atom stereocenters. The number of sulfone groups is 1. The molecule has 28 heavy (non-hydrogen) atoms. The number of nitrogens with one attached hydrogen (secondary N) is 3. The molecule has 1 saturated heterocycles. The highest BCUT2D eigenvalue weighted by Gasteiger charge is 2.28. The Labute approximate surface area is 185 Å². The molecule has 1 aromatic rings. The number of hydrogen-bond acceptors (Lipinski definition) is 4. The predicted octanol–water partition coefficient (Wildman–Crippen LogP) is 1.57. The molecule has 2 unspecified atom stereocenters. The Morgan fingerprint density at radius 1 is 1.25 bits per heavy atom. The molecule has 0 saturated carbocycles. The summed E-state index contributed by atoms with van der Waals surface area (Å²) in [6.07, 6.45) is 0.770. The Balaban J connectivity index is 0.00000392. The van der Waals surface area contributed by atoms with Crippen molar-refractivity contribution in [1.29, 1.82) is 0 Å². The summed E-state index contributed by atoms with van der Waals surface area (Å²) in [5.41, 5.74) is 2.50. The van der Waals surface area contributed by atoms with Gasteiger partial charge in [-0.05, 0) is 24.8 Å². The molecule has 1 aliphatic heterocycles. The van der Waals surface area contributed by atoms with Crippen molar-refractivity contribution in [3.8, 4) is 0 Å². The van der Waals surface area contributed by atoms with Gasteiger partial charge in [-0.1, -0.05) is 36.8 Å². The van der Waals surface area contributed by atoms with E-state index in [1.165, 1.54) is 11.1 Å². The third-order valence-corrected chi connectivity index (χ3v) is 6.46. The summed E-state index contributed by atoms with van der Waals surface area (Å²) < 4.78 is 22.8. The number of guanidine groups is 1. The van der Waals surface area contributed by atoms with Gasteiger partial charge in [0.15, 0.2) is 15.8 Å². The minimum absolute atomic E-state index is 0. The number of carbonyl (C=O) groups excluding carboxylic acids is 1. The molecular weight excluding hydrogens is 491 g/mol. The van der Waals surface area contributed by atoms with Crippen LogP contribution in [0, 0.1) is 6.92 Å². The van der Waals surface area contributed by atoms with Gasteiger partial charge in [0, 0.05) is 32.6 Å². The van der Waals surface area contributed by atoms with Gasteiger partial charge in [0.25, 0.3) is 0 Å². The fourth-order valence-electron chi connectivity index (χ4n) is 2.99. The fourth-order valence-corrected chi connectivity index (χ4v) is 4.66. The minimum atomic E-state index is -2.98. The van der Waals surface area contributed by atoms with Crippen molar-refractivity contribution in [2.75, 3.05) is 31.6 Å². The van der Waals surface area contributed by atoms with Gasteiger partial charge in [0.2, 0.25) is 5.91 Å². The van der Waals surface area contributed by atoms with Gasteiger partial charge >= 0.3 is 0 Å². The third kappa shape index (κ3) is 8.34. The molecular formula is C19H31IN4O3S. The first-order chi connectivity index (χ1) is 12.8. The molecule has 3 N–H and O–H groups in total. The molecule has 9 heteroatoms. The van der Waals surface area contributed by atoms with Crippen molar-refractivity contribution in [3.05, 3.63) is 35.4 Å². The van der Waals surface area contributed by atoms with Gasteiger partial charge in [-0.3, -0.25) is 9.79 Å². The zero-order valence-corrected chi connectivity index (χ0v) is 19.8. The van der Waals surface area contributed by atoms with Gasteiger partial charge in [-0.2, -0.15) is 0 Å². The maximum Gasteiger partial charge on any atom is 0.222 e. The molecule has 1 fully saturated rings. The number of aliphatic imine (C=N–C) groups is 1. The smallest absolute Gasteiger partial charge is 0.222 e. The summed E-state index contributed by atoms with van der Waals surface area (Å²) >= 11 is 0. The quantitative estimate of drug-likeness (QED) is 0.287. The number of halogens is 1. The second-order valence-electron chi connectivity index (χ2n) is 7.11. The van der Waals surface area contributed by atoms with Crippen LogP contribution in [0.4, 0.5) is 0 Å². The van der Waals surface area contributed by atoms with Gasteiger partial charge < -0.3 is 16.0 Å². The number of carbonyl (C=O) groups is 1. The minimum Gasteiger partial charge on any atom is -0.356 e. The molecule has 0 spiro atoms. The van der Waals surface area contributed by atoms with E-state index in [0.29, 0.717) is 24.8 Å². The van der Waals surface area contributed by atoms with Crippen LogP contribution in [-0.4, -0.2) is 58.0 Å². The van der Waals surface area contributed by atoms with Crippen molar-refractivity contribution in [2.24, 2.45) is 4.99 Å². The maximum atomic E-state index is 12.0. The summed E-state index contributed by atoms with van der Waals surface area (Å²) in [4.78, 5) is 16.1. The van der Waals surface area contributed by atoms with Crippen molar-refractivity contribution in [2.45, 2.75) is 38.6 Å². The summed E-state index contributed by atoms with van der Waals surface area (Å²) in [6, 6.07) is 8.21. The van der Waals surface area contributed by atoms with Crippen LogP contribution in [0.3, 0.4) is 0 Å². The van der Waals surface area contributed by atoms with E-state index in [9.17, 15) is 13.2 Å².